The topological polar surface area (TPSA) is 192 Å². The molecule has 3 heterocycles. The number of ether oxygens (including phenoxy) is 4. The van der Waals surface area contributed by atoms with Gasteiger partial charge < -0.3 is 34.5 Å². The second kappa shape index (κ2) is 15.4. The number of sulfonamides is 1. The number of aromatic nitrogens is 1. The van der Waals surface area contributed by atoms with Crippen molar-refractivity contribution in [2.75, 3.05) is 13.7 Å². The molecule has 0 radical (unpaired) electrons. The minimum absolute atomic E-state index is 0.0273. The first-order valence-corrected chi connectivity index (χ1v) is 20.6. The van der Waals surface area contributed by atoms with E-state index < -0.39 is 85.8 Å². The molecule has 3 N–H and O–H groups in total. The molecule has 3 fully saturated rings. The van der Waals surface area contributed by atoms with E-state index in [1.54, 1.807) is 39.8 Å². The van der Waals surface area contributed by atoms with Crippen molar-refractivity contribution in [3.8, 4) is 11.6 Å². The lowest BCUT2D eigenvalue weighted by atomic mass is 10.0. The zero-order valence-corrected chi connectivity index (χ0v) is 33.7. The molecule has 15 nitrogen and oxygen atoms in total. The minimum atomic E-state index is -4.04. The van der Waals surface area contributed by atoms with Crippen LogP contribution in [-0.2, 0) is 33.9 Å². The van der Waals surface area contributed by atoms with Crippen LogP contribution in [0.25, 0.3) is 10.8 Å². The second-order valence-corrected chi connectivity index (χ2v) is 18.7. The number of alkyl carbamates (subject to hydrolysis) is 1. The Morgan fingerprint density at radius 1 is 1.20 bits per heavy atom. The number of rotatable bonds is 8. The fourth-order valence-electron chi connectivity index (χ4n) is 7.29. The van der Waals surface area contributed by atoms with Crippen LogP contribution < -0.4 is 24.8 Å². The summed E-state index contributed by atoms with van der Waals surface area (Å²) in [4.78, 5) is 62.1. The summed E-state index contributed by atoms with van der Waals surface area (Å²) in [5.41, 5.74) is -2.49. The lowest BCUT2D eigenvalue weighted by Crippen LogP contribution is -2.60. The summed E-state index contributed by atoms with van der Waals surface area (Å²) in [6.07, 6.45) is 4.43. The fraction of sp³-hybridized carbons (Fsp3) is 0.615. The molecule has 7 atom stereocenters. The first kappa shape index (κ1) is 41.1. The van der Waals surface area contributed by atoms with Crippen molar-refractivity contribution in [1.29, 1.82) is 0 Å². The largest absolute Gasteiger partial charge is 0.494 e. The average molecular weight is 802 g/mol. The van der Waals surface area contributed by atoms with Crippen molar-refractivity contribution in [3.05, 3.63) is 42.4 Å². The van der Waals surface area contributed by atoms with E-state index in [9.17, 15) is 32.0 Å². The summed E-state index contributed by atoms with van der Waals surface area (Å²) in [7, 11) is -2.69. The predicted molar refractivity (Wildman–Crippen MR) is 203 cm³/mol. The summed E-state index contributed by atoms with van der Waals surface area (Å²) in [6.45, 7) is 10.1. The van der Waals surface area contributed by atoms with Crippen LogP contribution in [0, 0.1) is 11.7 Å². The molecule has 6 rings (SSSR count). The van der Waals surface area contributed by atoms with Gasteiger partial charge in [-0.2, -0.15) is 0 Å². The minimum Gasteiger partial charge on any atom is -0.494 e. The van der Waals surface area contributed by atoms with Crippen LogP contribution in [0.2, 0.25) is 0 Å². The van der Waals surface area contributed by atoms with Gasteiger partial charge in [-0.3, -0.25) is 19.1 Å². The number of benzene rings is 1. The maximum absolute atomic E-state index is 14.9. The summed E-state index contributed by atoms with van der Waals surface area (Å²) in [6, 6.07) is 1.83. The molecule has 1 saturated heterocycles. The molecule has 2 aliphatic heterocycles. The van der Waals surface area contributed by atoms with Gasteiger partial charge in [0.25, 0.3) is 5.91 Å². The van der Waals surface area contributed by atoms with Crippen LogP contribution >= 0.6 is 0 Å². The lowest BCUT2D eigenvalue weighted by molar-refractivity contribution is -0.145. The van der Waals surface area contributed by atoms with Crippen molar-refractivity contribution in [2.24, 2.45) is 5.92 Å². The van der Waals surface area contributed by atoms with Gasteiger partial charge in [0.2, 0.25) is 27.7 Å². The molecule has 0 spiro atoms. The van der Waals surface area contributed by atoms with E-state index in [-0.39, 0.29) is 37.1 Å². The fourth-order valence-corrected chi connectivity index (χ4v) is 8.60. The first-order chi connectivity index (χ1) is 26.3. The number of nitrogens with one attached hydrogen (secondary N) is 3. The van der Waals surface area contributed by atoms with E-state index in [0.29, 0.717) is 42.9 Å². The summed E-state index contributed by atoms with van der Waals surface area (Å²) < 4.78 is 65.8. The number of amides is 4. The standard InChI is InChI=1S/C39H52FN5O10S/c1-8-29-31(42-36(49)55-37(3,4)5)34(47)45-21-25(54-33-26-19-27(40)30(52-7)17-23(26)13-16-41-33)18-28(45)32(46)43-39(20-24(39)12-10-9-11-22(2)53-29)35(48)44-56(50,51)38(6)14-15-38/h10,12-13,16-17,19,22,24-25,28-29,31H,8-9,11,14-15,18,20-21H2,1-7H3,(H,42,49)(H,43,46)(H,44,48)/b12-10-/t22-,24-,25-,28+,29+,31+,39-/m1/s1. The Morgan fingerprint density at radius 2 is 1.93 bits per heavy atom. The zero-order chi connectivity index (χ0) is 40.8. The maximum atomic E-state index is 14.9. The molecule has 0 unspecified atom stereocenters. The van der Waals surface area contributed by atoms with E-state index >= 15 is 0 Å². The van der Waals surface area contributed by atoms with Crippen molar-refractivity contribution in [2.45, 2.75) is 133 Å². The molecule has 17 heteroatoms. The van der Waals surface area contributed by atoms with E-state index in [0.717, 1.165) is 0 Å². The number of nitrogens with zero attached hydrogens (tertiary/aromatic N) is 2. The van der Waals surface area contributed by atoms with Crippen molar-refractivity contribution in [1.82, 2.24) is 25.2 Å². The molecule has 4 amide bonds. The number of carbonyl (C=O) groups is 4. The van der Waals surface area contributed by atoms with Crippen molar-refractivity contribution >= 4 is 44.6 Å². The van der Waals surface area contributed by atoms with E-state index in [1.807, 2.05) is 19.9 Å². The highest BCUT2D eigenvalue weighted by Crippen LogP contribution is 2.47. The number of halogens is 1. The van der Waals surface area contributed by atoms with Crippen LogP contribution in [0.15, 0.2) is 36.5 Å². The highest BCUT2D eigenvalue weighted by Gasteiger charge is 2.63. The Labute approximate surface area is 326 Å². The Bertz CT molecular complexity index is 2020. The molecule has 1 aromatic heterocycles. The molecule has 2 aliphatic carbocycles. The van der Waals surface area contributed by atoms with Crippen LogP contribution in [-0.4, -0.2) is 102 Å². The quantitative estimate of drug-likeness (QED) is 0.327. The van der Waals surface area contributed by atoms with E-state index in [1.165, 1.54) is 30.3 Å². The first-order valence-electron chi connectivity index (χ1n) is 19.1. The predicted octanol–water partition coefficient (Wildman–Crippen LogP) is 4.03. The SMILES string of the molecule is CC[C@@H]1O[C@H](C)CC/C=C\[C@@H]2C[C@@]2(C(=O)NS(=O)(=O)C2(C)CC2)NC(=O)[C@@H]2C[C@@H](Oc3nccc4cc(OC)c(F)cc34)CN2C(=O)[C@H]1NC(=O)OC(C)(C)C. The third-order valence-corrected chi connectivity index (χ3v) is 13.1. The van der Waals surface area contributed by atoms with Gasteiger partial charge in [-0.15, -0.1) is 0 Å². The number of carbonyl (C=O) groups excluding carboxylic acids is 4. The van der Waals surface area contributed by atoms with Crippen LogP contribution in [0.3, 0.4) is 0 Å². The highest BCUT2D eigenvalue weighted by atomic mass is 32.2. The third kappa shape index (κ3) is 8.58. The lowest BCUT2D eigenvalue weighted by Gasteiger charge is -2.34. The molecule has 306 valence electrons. The number of allylic oxidation sites excluding steroid dienone is 1. The van der Waals surface area contributed by atoms with Crippen LogP contribution in [0.4, 0.5) is 9.18 Å². The summed E-state index contributed by atoms with van der Waals surface area (Å²) in [5.74, 6) is -3.32. The van der Waals surface area contributed by atoms with Crippen molar-refractivity contribution < 1.29 is 50.9 Å². The van der Waals surface area contributed by atoms with Gasteiger partial charge in [-0.05, 0) is 96.7 Å². The molecule has 56 heavy (non-hydrogen) atoms. The second-order valence-electron chi connectivity index (χ2n) is 16.5. The maximum Gasteiger partial charge on any atom is 0.408 e. The molecule has 2 aromatic rings. The smallest absolute Gasteiger partial charge is 0.408 e. The molecule has 4 aliphatic rings. The van der Waals surface area contributed by atoms with Gasteiger partial charge in [0.05, 0.1) is 30.6 Å². The summed E-state index contributed by atoms with van der Waals surface area (Å²) >= 11 is 0. The van der Waals surface area contributed by atoms with Gasteiger partial charge in [0.1, 0.15) is 29.3 Å². The Kier molecular flexibility index (Phi) is 11.3. The summed E-state index contributed by atoms with van der Waals surface area (Å²) in [5, 5.41) is 6.44. The molecule has 0 bridgehead atoms. The normalized spacial score (nSPS) is 29.8. The van der Waals surface area contributed by atoms with Gasteiger partial charge >= 0.3 is 6.09 Å². The Hall–Kier alpha value is -4.51. The van der Waals surface area contributed by atoms with Crippen LogP contribution in [0.5, 0.6) is 11.6 Å². The van der Waals surface area contributed by atoms with Crippen LogP contribution in [0.1, 0.15) is 86.5 Å². The third-order valence-electron chi connectivity index (χ3n) is 11.0. The molecule has 2 saturated carbocycles. The molecular formula is C39H52FN5O10S. The van der Waals surface area contributed by atoms with Gasteiger partial charge in [-0.1, -0.05) is 19.1 Å². The number of pyridine rings is 1. The number of hydrogen-bond donors (Lipinski definition) is 3. The van der Waals surface area contributed by atoms with Crippen molar-refractivity contribution in [3.63, 3.8) is 0 Å². The molecular weight excluding hydrogens is 750 g/mol. The Balaban J connectivity index is 1.37. The highest BCUT2D eigenvalue weighted by molar-refractivity contribution is 7.91. The van der Waals surface area contributed by atoms with E-state index in [4.69, 9.17) is 18.9 Å². The number of hydrogen-bond acceptors (Lipinski definition) is 11. The number of fused-ring (bicyclic) bond motifs is 3. The zero-order valence-electron chi connectivity index (χ0n) is 32.8. The van der Waals surface area contributed by atoms with Gasteiger partial charge in [0.15, 0.2) is 11.6 Å². The monoisotopic (exact) mass is 801 g/mol. The Morgan fingerprint density at radius 3 is 2.59 bits per heavy atom. The molecule has 1 aromatic carbocycles. The average Bonchev–Trinajstić information content (AvgIpc) is 4.00. The van der Waals surface area contributed by atoms with Gasteiger partial charge in [-0.25, -0.2) is 22.6 Å². The van der Waals surface area contributed by atoms with E-state index in [2.05, 4.69) is 20.3 Å². The number of methoxy groups -OCH3 is 1. The van der Waals surface area contributed by atoms with Gasteiger partial charge in [0, 0.05) is 23.9 Å².